The lowest BCUT2D eigenvalue weighted by Gasteiger charge is -2.31. The molecule has 0 spiro atoms. The molecule has 1 fully saturated rings. The fraction of sp³-hybridized carbons (Fsp3) is 0.421. The second-order valence-electron chi connectivity index (χ2n) is 6.49. The molecular weight excluding hydrogens is 322 g/mol. The molecule has 0 saturated carbocycles. The molecule has 1 aromatic carbocycles. The minimum absolute atomic E-state index is 0.00800. The van der Waals surface area contributed by atoms with Crippen molar-refractivity contribution in [2.45, 2.75) is 37.9 Å². The van der Waals surface area contributed by atoms with Gasteiger partial charge in [-0.3, -0.25) is 4.79 Å². The van der Waals surface area contributed by atoms with E-state index >= 15 is 0 Å². The predicted octanol–water partition coefficient (Wildman–Crippen LogP) is 3.62. The highest BCUT2D eigenvalue weighted by atomic mass is 32.1. The first-order chi connectivity index (χ1) is 11.7. The van der Waals surface area contributed by atoms with Crippen molar-refractivity contribution in [3.05, 3.63) is 47.0 Å². The largest absolute Gasteiger partial charge is 0.460 e. The van der Waals surface area contributed by atoms with E-state index in [0.717, 1.165) is 25.9 Å². The lowest BCUT2D eigenvalue weighted by molar-refractivity contribution is -0.141. The van der Waals surface area contributed by atoms with E-state index in [1.807, 2.05) is 23.1 Å². The third kappa shape index (κ3) is 2.94. The molecule has 4 rings (SSSR count). The quantitative estimate of drug-likeness (QED) is 0.906. The van der Waals surface area contributed by atoms with E-state index in [9.17, 15) is 9.90 Å². The molecule has 2 atom stereocenters. The van der Waals surface area contributed by atoms with Gasteiger partial charge in [0.2, 0.25) is 0 Å². The van der Waals surface area contributed by atoms with Crippen molar-refractivity contribution >= 4 is 27.3 Å². The summed E-state index contributed by atoms with van der Waals surface area (Å²) in [6.07, 6.45) is 4.72. The van der Waals surface area contributed by atoms with Gasteiger partial charge in [0.1, 0.15) is 0 Å². The van der Waals surface area contributed by atoms with Crippen LogP contribution in [0.25, 0.3) is 10.1 Å². The van der Waals surface area contributed by atoms with Crippen LogP contribution >= 0.6 is 11.3 Å². The van der Waals surface area contributed by atoms with Gasteiger partial charge >= 0.3 is 0 Å². The highest BCUT2D eigenvalue weighted by Crippen LogP contribution is 2.37. The van der Waals surface area contributed by atoms with Gasteiger partial charge in [-0.15, -0.1) is 11.3 Å². The van der Waals surface area contributed by atoms with Gasteiger partial charge in [-0.2, -0.15) is 0 Å². The van der Waals surface area contributed by atoms with Gasteiger partial charge in [0.15, 0.2) is 12.0 Å². The van der Waals surface area contributed by atoms with Crippen LogP contribution in [-0.4, -0.2) is 35.3 Å². The van der Waals surface area contributed by atoms with Crippen LogP contribution < -0.4 is 0 Å². The number of thiophene rings is 1. The summed E-state index contributed by atoms with van der Waals surface area (Å²) >= 11 is 1.70. The molecule has 4 nitrogen and oxygen atoms in total. The van der Waals surface area contributed by atoms with Crippen LogP contribution in [0, 0.1) is 0 Å². The second kappa shape index (κ2) is 6.57. The van der Waals surface area contributed by atoms with Gasteiger partial charge in [-0.1, -0.05) is 18.2 Å². The third-order valence-corrected chi connectivity index (χ3v) is 5.82. The number of carbonyl (C=O) groups excluding carboxylic acids is 1. The standard InChI is InChI=1S/C19H21NO3S/c21-18-11-13(15-12-24-17-7-3-2-6-14(15)17)10-16(23-18)19(22)20-8-4-1-5-9-20/h2-3,6-7,10,12-13,18,21H,1,4-5,8-9,11H2/t13-,18+/m0/s1. The Labute approximate surface area is 145 Å². The molecule has 1 amide bonds. The van der Waals surface area contributed by atoms with E-state index in [4.69, 9.17) is 4.74 Å². The van der Waals surface area contributed by atoms with Gasteiger partial charge in [0.05, 0.1) is 0 Å². The van der Waals surface area contributed by atoms with Crippen molar-refractivity contribution in [2.75, 3.05) is 13.1 Å². The van der Waals surface area contributed by atoms with Crippen molar-refractivity contribution in [1.29, 1.82) is 0 Å². The topological polar surface area (TPSA) is 49.8 Å². The number of fused-ring (bicyclic) bond motifs is 1. The number of aliphatic hydroxyl groups excluding tert-OH is 1. The van der Waals surface area contributed by atoms with E-state index in [2.05, 4.69) is 17.5 Å². The summed E-state index contributed by atoms with van der Waals surface area (Å²) in [5.74, 6) is 0.225. The maximum absolute atomic E-state index is 12.7. The van der Waals surface area contributed by atoms with E-state index in [1.165, 1.54) is 22.1 Å². The lowest BCUT2D eigenvalue weighted by Crippen LogP contribution is -2.39. The number of nitrogens with zero attached hydrogens (tertiary/aromatic N) is 1. The molecule has 1 aromatic heterocycles. The molecule has 5 heteroatoms. The number of amides is 1. The Morgan fingerprint density at radius 3 is 2.83 bits per heavy atom. The van der Waals surface area contributed by atoms with Gasteiger partial charge in [0, 0.05) is 30.1 Å². The maximum Gasteiger partial charge on any atom is 0.288 e. The fourth-order valence-corrected chi connectivity index (χ4v) is 4.60. The van der Waals surface area contributed by atoms with E-state index in [0.29, 0.717) is 12.2 Å². The van der Waals surface area contributed by atoms with Crippen molar-refractivity contribution in [1.82, 2.24) is 4.90 Å². The molecule has 126 valence electrons. The van der Waals surface area contributed by atoms with Crippen LogP contribution in [0.15, 0.2) is 41.5 Å². The van der Waals surface area contributed by atoms with Crippen LogP contribution in [0.4, 0.5) is 0 Å². The molecular formula is C19H21NO3S. The Kier molecular flexibility index (Phi) is 4.29. The summed E-state index contributed by atoms with van der Waals surface area (Å²) in [4.78, 5) is 14.5. The number of hydrogen-bond acceptors (Lipinski definition) is 4. The van der Waals surface area contributed by atoms with Crippen molar-refractivity contribution < 1.29 is 14.6 Å². The van der Waals surface area contributed by atoms with Gasteiger partial charge in [-0.25, -0.2) is 0 Å². The van der Waals surface area contributed by atoms with Gasteiger partial charge < -0.3 is 14.7 Å². The normalized spacial score (nSPS) is 24.5. The molecule has 0 unspecified atom stereocenters. The first-order valence-corrected chi connectivity index (χ1v) is 9.42. The molecule has 1 N–H and O–H groups in total. The van der Waals surface area contributed by atoms with E-state index in [1.54, 1.807) is 11.3 Å². The summed E-state index contributed by atoms with van der Waals surface area (Å²) in [5, 5.41) is 13.5. The zero-order valence-corrected chi connectivity index (χ0v) is 14.3. The zero-order valence-electron chi connectivity index (χ0n) is 13.5. The van der Waals surface area contributed by atoms with Crippen LogP contribution in [0.1, 0.15) is 37.2 Å². The maximum atomic E-state index is 12.7. The molecule has 1 saturated heterocycles. The van der Waals surface area contributed by atoms with Crippen molar-refractivity contribution in [3.8, 4) is 0 Å². The minimum atomic E-state index is -0.928. The smallest absolute Gasteiger partial charge is 0.288 e. The molecule has 3 heterocycles. The molecule has 0 radical (unpaired) electrons. The lowest BCUT2D eigenvalue weighted by atomic mass is 9.92. The SMILES string of the molecule is O=C(C1=C[C@H](c2csc3ccccc23)C[C@H](O)O1)N1CCCCC1. The summed E-state index contributed by atoms with van der Waals surface area (Å²) in [6.45, 7) is 1.56. The first-order valence-electron chi connectivity index (χ1n) is 8.54. The average molecular weight is 343 g/mol. The highest BCUT2D eigenvalue weighted by molar-refractivity contribution is 7.17. The number of hydrogen-bond donors (Lipinski definition) is 1. The number of likely N-dealkylation sites (tertiary alicyclic amines) is 1. The Morgan fingerprint density at radius 1 is 1.21 bits per heavy atom. The molecule has 2 aromatic rings. The second-order valence-corrected chi connectivity index (χ2v) is 7.40. The number of benzene rings is 1. The van der Waals surface area contributed by atoms with E-state index in [-0.39, 0.29) is 11.8 Å². The van der Waals surface area contributed by atoms with Crippen LogP contribution in [0.5, 0.6) is 0 Å². The number of rotatable bonds is 2. The Balaban J connectivity index is 1.64. The number of aliphatic hydroxyl groups is 1. The van der Waals surface area contributed by atoms with Crippen LogP contribution in [0.3, 0.4) is 0 Å². The number of ether oxygens (including phenoxy) is 1. The number of piperidine rings is 1. The molecule has 2 aliphatic rings. The highest BCUT2D eigenvalue weighted by Gasteiger charge is 2.30. The Hall–Kier alpha value is -1.85. The molecule has 0 aliphatic carbocycles. The number of allylic oxidation sites excluding steroid dienone is 1. The van der Waals surface area contributed by atoms with Crippen molar-refractivity contribution in [2.24, 2.45) is 0 Å². The summed E-state index contributed by atoms with van der Waals surface area (Å²) < 4.78 is 6.70. The molecule has 2 aliphatic heterocycles. The Morgan fingerprint density at radius 2 is 2.00 bits per heavy atom. The predicted molar refractivity (Wildman–Crippen MR) is 94.8 cm³/mol. The monoisotopic (exact) mass is 343 g/mol. The van der Waals surface area contributed by atoms with Crippen LogP contribution in [0.2, 0.25) is 0 Å². The number of carbonyl (C=O) groups is 1. The first kappa shape index (κ1) is 15.7. The summed E-state index contributed by atoms with van der Waals surface area (Å²) in [5.41, 5.74) is 1.17. The van der Waals surface area contributed by atoms with Gasteiger partial charge in [0.25, 0.3) is 5.91 Å². The fourth-order valence-electron chi connectivity index (χ4n) is 3.58. The van der Waals surface area contributed by atoms with Crippen molar-refractivity contribution in [3.63, 3.8) is 0 Å². The average Bonchev–Trinajstić information content (AvgIpc) is 3.05. The zero-order chi connectivity index (χ0) is 16.5. The molecule has 0 bridgehead atoms. The third-order valence-electron chi connectivity index (χ3n) is 4.84. The summed E-state index contributed by atoms with van der Waals surface area (Å²) in [6, 6.07) is 8.26. The van der Waals surface area contributed by atoms with Crippen LogP contribution in [-0.2, 0) is 9.53 Å². The summed E-state index contributed by atoms with van der Waals surface area (Å²) in [7, 11) is 0. The van der Waals surface area contributed by atoms with E-state index < -0.39 is 6.29 Å². The Bertz CT molecular complexity index is 776. The molecule has 24 heavy (non-hydrogen) atoms. The van der Waals surface area contributed by atoms with Gasteiger partial charge in [-0.05, 0) is 47.7 Å². The minimum Gasteiger partial charge on any atom is -0.460 e.